The van der Waals surface area contributed by atoms with Crippen molar-refractivity contribution in [1.82, 2.24) is 10.6 Å². The summed E-state index contributed by atoms with van der Waals surface area (Å²) in [5.41, 5.74) is 0.971. The molecule has 0 saturated heterocycles. The predicted octanol–water partition coefficient (Wildman–Crippen LogP) is 3.41. The Morgan fingerprint density at radius 3 is 2.52 bits per heavy atom. The molecule has 1 heterocycles. The van der Waals surface area contributed by atoms with Crippen molar-refractivity contribution in [3.8, 4) is 5.75 Å². The summed E-state index contributed by atoms with van der Waals surface area (Å²) in [5, 5.41) is 15.3. The number of urea groups is 1. The SMILES string of the molecule is CC(C)COc1ccc(C(C)NC(=O)NCC(O)c2ccco2)cc1. The molecule has 6 nitrogen and oxygen atoms in total. The number of carbonyl (C=O) groups excluding carboxylic acids is 1. The lowest BCUT2D eigenvalue weighted by atomic mass is 10.1. The molecule has 2 unspecified atom stereocenters. The van der Waals surface area contributed by atoms with E-state index in [1.807, 2.05) is 31.2 Å². The van der Waals surface area contributed by atoms with Crippen LogP contribution in [0.3, 0.4) is 0 Å². The number of furan rings is 1. The van der Waals surface area contributed by atoms with Gasteiger partial charge in [0.15, 0.2) is 0 Å². The van der Waals surface area contributed by atoms with Crippen LogP contribution >= 0.6 is 0 Å². The number of rotatable bonds is 8. The molecule has 0 aliphatic carbocycles. The number of hydrogen-bond donors (Lipinski definition) is 3. The van der Waals surface area contributed by atoms with Gasteiger partial charge >= 0.3 is 6.03 Å². The number of aliphatic hydroxyl groups is 1. The van der Waals surface area contributed by atoms with Crippen molar-refractivity contribution in [1.29, 1.82) is 0 Å². The van der Waals surface area contributed by atoms with E-state index in [1.54, 1.807) is 12.1 Å². The Balaban J connectivity index is 1.78. The fraction of sp³-hybridized carbons (Fsp3) is 0.421. The van der Waals surface area contributed by atoms with E-state index in [0.717, 1.165) is 11.3 Å². The number of benzene rings is 1. The monoisotopic (exact) mass is 346 g/mol. The third kappa shape index (κ3) is 6.15. The molecule has 2 amide bonds. The van der Waals surface area contributed by atoms with Gasteiger partial charge < -0.3 is 24.9 Å². The molecule has 0 aliphatic rings. The number of aliphatic hydroxyl groups excluding tert-OH is 1. The Labute approximate surface area is 148 Å². The Kier molecular flexibility index (Phi) is 6.89. The number of carbonyl (C=O) groups is 1. The number of amides is 2. The number of ether oxygens (including phenoxy) is 1. The molecular formula is C19H26N2O4. The Hall–Kier alpha value is -2.47. The van der Waals surface area contributed by atoms with Crippen molar-refractivity contribution in [3.63, 3.8) is 0 Å². The maximum atomic E-state index is 12.0. The molecule has 0 bridgehead atoms. The summed E-state index contributed by atoms with van der Waals surface area (Å²) in [7, 11) is 0. The average Bonchev–Trinajstić information content (AvgIpc) is 3.13. The van der Waals surface area contributed by atoms with Crippen LogP contribution < -0.4 is 15.4 Å². The van der Waals surface area contributed by atoms with Gasteiger partial charge in [0.1, 0.15) is 17.6 Å². The highest BCUT2D eigenvalue weighted by molar-refractivity contribution is 5.74. The van der Waals surface area contributed by atoms with Gasteiger partial charge in [0, 0.05) is 0 Å². The molecule has 1 aromatic heterocycles. The summed E-state index contributed by atoms with van der Waals surface area (Å²) in [6.45, 7) is 6.84. The highest BCUT2D eigenvalue weighted by Gasteiger charge is 2.14. The van der Waals surface area contributed by atoms with E-state index in [0.29, 0.717) is 18.3 Å². The van der Waals surface area contributed by atoms with Crippen molar-refractivity contribution in [3.05, 3.63) is 54.0 Å². The quantitative estimate of drug-likeness (QED) is 0.684. The molecule has 2 atom stereocenters. The molecule has 0 aliphatic heterocycles. The van der Waals surface area contributed by atoms with Crippen LogP contribution in [-0.2, 0) is 0 Å². The van der Waals surface area contributed by atoms with E-state index in [9.17, 15) is 9.90 Å². The number of nitrogens with one attached hydrogen (secondary N) is 2. The summed E-state index contributed by atoms with van der Waals surface area (Å²) in [4.78, 5) is 12.0. The van der Waals surface area contributed by atoms with Crippen LogP contribution in [-0.4, -0.2) is 24.3 Å². The maximum absolute atomic E-state index is 12.0. The summed E-state index contributed by atoms with van der Waals surface area (Å²) < 4.78 is 10.7. The smallest absolute Gasteiger partial charge is 0.315 e. The second kappa shape index (κ2) is 9.13. The molecule has 0 saturated carbocycles. The first-order valence-electron chi connectivity index (χ1n) is 8.44. The van der Waals surface area contributed by atoms with Crippen molar-refractivity contribution in [2.45, 2.75) is 32.9 Å². The minimum Gasteiger partial charge on any atom is -0.493 e. The Morgan fingerprint density at radius 2 is 1.92 bits per heavy atom. The molecule has 3 N–H and O–H groups in total. The third-order valence-electron chi connectivity index (χ3n) is 3.64. The summed E-state index contributed by atoms with van der Waals surface area (Å²) >= 11 is 0. The minimum atomic E-state index is -0.867. The highest BCUT2D eigenvalue weighted by atomic mass is 16.5. The van der Waals surface area contributed by atoms with Crippen molar-refractivity contribution in [2.24, 2.45) is 5.92 Å². The van der Waals surface area contributed by atoms with E-state index in [2.05, 4.69) is 24.5 Å². The van der Waals surface area contributed by atoms with Gasteiger partial charge in [0.2, 0.25) is 0 Å². The fourth-order valence-corrected chi connectivity index (χ4v) is 2.22. The second-order valence-electron chi connectivity index (χ2n) is 6.38. The second-order valence-corrected chi connectivity index (χ2v) is 6.38. The molecule has 0 spiro atoms. The van der Waals surface area contributed by atoms with E-state index in [-0.39, 0.29) is 18.6 Å². The fourth-order valence-electron chi connectivity index (χ4n) is 2.22. The van der Waals surface area contributed by atoms with Crippen LogP contribution in [0.25, 0.3) is 0 Å². The molecule has 2 aromatic rings. The van der Waals surface area contributed by atoms with Crippen molar-refractivity contribution < 1.29 is 19.1 Å². The van der Waals surface area contributed by atoms with E-state index >= 15 is 0 Å². The summed E-state index contributed by atoms with van der Waals surface area (Å²) in [5.74, 6) is 1.71. The first kappa shape index (κ1) is 18.9. The Morgan fingerprint density at radius 1 is 1.20 bits per heavy atom. The third-order valence-corrected chi connectivity index (χ3v) is 3.64. The molecule has 6 heteroatoms. The van der Waals surface area contributed by atoms with Gasteiger partial charge in [-0.05, 0) is 42.7 Å². The van der Waals surface area contributed by atoms with Gasteiger partial charge in [0.25, 0.3) is 0 Å². The average molecular weight is 346 g/mol. The molecule has 1 aromatic carbocycles. The van der Waals surface area contributed by atoms with Crippen LogP contribution in [0.1, 0.15) is 44.2 Å². The molecule has 136 valence electrons. The molecule has 0 fully saturated rings. The van der Waals surface area contributed by atoms with Gasteiger partial charge in [-0.25, -0.2) is 4.79 Å². The summed E-state index contributed by atoms with van der Waals surface area (Å²) in [6.07, 6.45) is 0.614. The van der Waals surface area contributed by atoms with E-state index in [4.69, 9.17) is 9.15 Å². The normalized spacial score (nSPS) is 13.3. The molecule has 0 radical (unpaired) electrons. The van der Waals surface area contributed by atoms with Gasteiger partial charge in [-0.3, -0.25) is 0 Å². The van der Waals surface area contributed by atoms with Crippen LogP contribution in [0.2, 0.25) is 0 Å². The lowest BCUT2D eigenvalue weighted by molar-refractivity contribution is 0.147. The maximum Gasteiger partial charge on any atom is 0.315 e. The zero-order chi connectivity index (χ0) is 18.2. The van der Waals surface area contributed by atoms with Gasteiger partial charge in [-0.2, -0.15) is 0 Å². The first-order valence-corrected chi connectivity index (χ1v) is 8.44. The lowest BCUT2D eigenvalue weighted by Crippen LogP contribution is -2.39. The van der Waals surface area contributed by atoms with Gasteiger partial charge in [0.05, 0.1) is 25.5 Å². The van der Waals surface area contributed by atoms with E-state index < -0.39 is 6.10 Å². The summed E-state index contributed by atoms with van der Waals surface area (Å²) in [6, 6.07) is 10.5. The van der Waals surface area contributed by atoms with Crippen molar-refractivity contribution in [2.75, 3.05) is 13.2 Å². The topological polar surface area (TPSA) is 83.7 Å². The van der Waals surface area contributed by atoms with Crippen LogP contribution in [0.4, 0.5) is 4.79 Å². The van der Waals surface area contributed by atoms with Crippen LogP contribution in [0, 0.1) is 5.92 Å². The lowest BCUT2D eigenvalue weighted by Gasteiger charge is -2.17. The first-order chi connectivity index (χ1) is 12.0. The predicted molar refractivity (Wildman–Crippen MR) is 95.4 cm³/mol. The van der Waals surface area contributed by atoms with Crippen LogP contribution in [0.5, 0.6) is 5.75 Å². The van der Waals surface area contributed by atoms with Crippen molar-refractivity contribution >= 4 is 6.03 Å². The van der Waals surface area contributed by atoms with Crippen LogP contribution in [0.15, 0.2) is 47.1 Å². The molecular weight excluding hydrogens is 320 g/mol. The van der Waals surface area contributed by atoms with Gasteiger partial charge in [-0.1, -0.05) is 26.0 Å². The van der Waals surface area contributed by atoms with E-state index in [1.165, 1.54) is 6.26 Å². The number of hydrogen-bond acceptors (Lipinski definition) is 4. The Bertz CT molecular complexity index is 638. The molecule has 25 heavy (non-hydrogen) atoms. The zero-order valence-electron chi connectivity index (χ0n) is 14.9. The highest BCUT2D eigenvalue weighted by Crippen LogP contribution is 2.18. The largest absolute Gasteiger partial charge is 0.493 e. The minimum absolute atomic E-state index is 0.0774. The molecule has 2 rings (SSSR count). The zero-order valence-corrected chi connectivity index (χ0v) is 14.9. The van der Waals surface area contributed by atoms with Gasteiger partial charge in [-0.15, -0.1) is 0 Å². The standard InChI is InChI=1S/C19H26N2O4/c1-13(2)12-25-16-8-6-15(7-9-16)14(3)21-19(23)20-11-17(22)18-5-4-10-24-18/h4-10,13-14,17,22H,11-12H2,1-3H3,(H2,20,21,23).